The highest BCUT2D eigenvalue weighted by Gasteiger charge is 2.14. The molecule has 2 rings (SSSR count). The minimum absolute atomic E-state index is 0.188. The molecule has 0 aliphatic heterocycles. The third-order valence-electron chi connectivity index (χ3n) is 2.92. The first-order valence-electron chi connectivity index (χ1n) is 6.43. The van der Waals surface area contributed by atoms with Crippen LogP contribution in [0.1, 0.15) is 41.9 Å². The van der Waals surface area contributed by atoms with Gasteiger partial charge in [0, 0.05) is 5.56 Å². The summed E-state index contributed by atoms with van der Waals surface area (Å²) in [5, 5.41) is 12.3. The number of nitrogens with one attached hydrogen (secondary N) is 1. The summed E-state index contributed by atoms with van der Waals surface area (Å²) in [6, 6.07) is 5.64. The second-order valence-corrected chi connectivity index (χ2v) is 5.97. The molecule has 0 spiro atoms. The number of nitrogens with zero attached hydrogens (tertiary/aromatic N) is 1. The third-order valence-corrected chi connectivity index (χ3v) is 4.06. The molecule has 0 saturated heterocycles. The molecule has 0 unspecified atom stereocenters. The number of benzene rings is 1. The summed E-state index contributed by atoms with van der Waals surface area (Å²) in [4.78, 5) is 27.4. The van der Waals surface area contributed by atoms with E-state index >= 15 is 0 Å². The highest BCUT2D eigenvalue weighted by Crippen LogP contribution is 2.18. The lowest BCUT2D eigenvalue weighted by atomic mass is 10.1. The largest absolute Gasteiger partial charge is 0.477 e. The number of carbonyl (C=O) groups is 2. The summed E-state index contributed by atoms with van der Waals surface area (Å²) < 4.78 is 0. The molecular formula is C15H16N2O3S. The van der Waals surface area contributed by atoms with Crippen LogP contribution in [0.2, 0.25) is 0 Å². The topological polar surface area (TPSA) is 79.3 Å². The summed E-state index contributed by atoms with van der Waals surface area (Å²) in [6.07, 6.45) is 0. The lowest BCUT2D eigenvalue weighted by Crippen LogP contribution is -2.22. The van der Waals surface area contributed by atoms with E-state index < -0.39 is 5.97 Å². The summed E-state index contributed by atoms with van der Waals surface area (Å²) >= 11 is 1.09. The number of aryl methyl sites for hydroxylation is 3. The van der Waals surface area contributed by atoms with Crippen LogP contribution in [-0.4, -0.2) is 22.0 Å². The molecule has 21 heavy (non-hydrogen) atoms. The van der Waals surface area contributed by atoms with Crippen LogP contribution in [0.25, 0.3) is 0 Å². The molecule has 0 fully saturated rings. The SMILES string of the molecule is Cc1cc(C)cc(C(=O)NCc2nc(C)c(C(=O)O)s2)c1. The van der Waals surface area contributed by atoms with Gasteiger partial charge in [0.25, 0.3) is 5.91 Å². The number of thiazole rings is 1. The normalized spacial score (nSPS) is 10.4. The van der Waals surface area contributed by atoms with Crippen molar-refractivity contribution < 1.29 is 14.7 Å². The first-order valence-corrected chi connectivity index (χ1v) is 7.24. The van der Waals surface area contributed by atoms with Gasteiger partial charge in [0.15, 0.2) is 0 Å². The van der Waals surface area contributed by atoms with Crippen molar-refractivity contribution in [2.24, 2.45) is 0 Å². The van der Waals surface area contributed by atoms with Crippen molar-refractivity contribution in [1.29, 1.82) is 0 Å². The van der Waals surface area contributed by atoms with Gasteiger partial charge in [-0.25, -0.2) is 9.78 Å². The Morgan fingerprint density at radius 2 is 1.81 bits per heavy atom. The van der Waals surface area contributed by atoms with E-state index in [0.717, 1.165) is 22.5 Å². The molecule has 110 valence electrons. The van der Waals surface area contributed by atoms with Crippen molar-refractivity contribution in [2.75, 3.05) is 0 Å². The van der Waals surface area contributed by atoms with Gasteiger partial charge in [0.2, 0.25) is 0 Å². The fraction of sp³-hybridized carbons (Fsp3) is 0.267. The van der Waals surface area contributed by atoms with Gasteiger partial charge in [0.05, 0.1) is 12.2 Å². The van der Waals surface area contributed by atoms with E-state index in [1.165, 1.54) is 0 Å². The van der Waals surface area contributed by atoms with Gasteiger partial charge >= 0.3 is 5.97 Å². The molecule has 0 atom stereocenters. The number of aromatic nitrogens is 1. The quantitative estimate of drug-likeness (QED) is 0.910. The van der Waals surface area contributed by atoms with Crippen LogP contribution in [-0.2, 0) is 6.54 Å². The zero-order chi connectivity index (χ0) is 15.6. The number of hydrogen-bond donors (Lipinski definition) is 2. The Hall–Kier alpha value is -2.21. The maximum absolute atomic E-state index is 12.1. The maximum Gasteiger partial charge on any atom is 0.347 e. The van der Waals surface area contributed by atoms with Crippen LogP contribution in [0, 0.1) is 20.8 Å². The van der Waals surface area contributed by atoms with Crippen LogP contribution in [0.5, 0.6) is 0 Å². The van der Waals surface area contributed by atoms with Crippen LogP contribution in [0.3, 0.4) is 0 Å². The zero-order valence-corrected chi connectivity index (χ0v) is 12.9. The number of hydrogen-bond acceptors (Lipinski definition) is 4. The summed E-state index contributed by atoms with van der Waals surface area (Å²) in [7, 11) is 0. The van der Waals surface area contributed by atoms with Crippen molar-refractivity contribution in [2.45, 2.75) is 27.3 Å². The predicted molar refractivity (Wildman–Crippen MR) is 80.9 cm³/mol. The molecule has 6 heteroatoms. The van der Waals surface area contributed by atoms with Gasteiger partial charge in [-0.05, 0) is 32.9 Å². The van der Waals surface area contributed by atoms with Crippen LogP contribution < -0.4 is 5.32 Å². The van der Waals surface area contributed by atoms with Gasteiger partial charge in [-0.15, -0.1) is 11.3 Å². The Bertz CT molecular complexity index is 687. The Morgan fingerprint density at radius 1 is 1.19 bits per heavy atom. The number of carboxylic acid groups (broad SMARTS) is 1. The molecule has 0 saturated carbocycles. The smallest absolute Gasteiger partial charge is 0.347 e. The molecule has 0 radical (unpaired) electrons. The van der Waals surface area contributed by atoms with E-state index in [4.69, 9.17) is 5.11 Å². The van der Waals surface area contributed by atoms with Gasteiger partial charge in [-0.3, -0.25) is 4.79 Å². The van der Waals surface area contributed by atoms with Gasteiger partial charge in [-0.2, -0.15) is 0 Å². The van der Waals surface area contributed by atoms with E-state index in [0.29, 0.717) is 16.3 Å². The monoisotopic (exact) mass is 304 g/mol. The molecule has 2 aromatic rings. The summed E-state index contributed by atoms with van der Waals surface area (Å²) in [6.45, 7) is 5.75. The Morgan fingerprint density at radius 3 is 2.33 bits per heavy atom. The standard InChI is InChI=1S/C15H16N2O3S/c1-8-4-9(2)6-11(5-8)14(18)16-7-12-17-10(3)13(21-12)15(19)20/h4-6H,7H2,1-3H3,(H,16,18)(H,19,20). The van der Waals surface area contributed by atoms with Gasteiger partial charge in [0.1, 0.15) is 9.88 Å². The predicted octanol–water partition coefficient (Wildman–Crippen LogP) is 2.70. The molecule has 1 amide bonds. The summed E-state index contributed by atoms with van der Waals surface area (Å²) in [5.74, 6) is -1.18. The molecule has 2 N–H and O–H groups in total. The fourth-order valence-electron chi connectivity index (χ4n) is 2.09. The van der Waals surface area contributed by atoms with E-state index in [1.54, 1.807) is 6.92 Å². The average Bonchev–Trinajstić information content (AvgIpc) is 2.76. The van der Waals surface area contributed by atoms with Crippen LogP contribution >= 0.6 is 11.3 Å². The fourth-order valence-corrected chi connectivity index (χ4v) is 2.93. The summed E-state index contributed by atoms with van der Waals surface area (Å²) in [5.41, 5.74) is 3.12. The van der Waals surface area contributed by atoms with Crippen molar-refractivity contribution >= 4 is 23.2 Å². The first kappa shape index (κ1) is 15.2. The number of carboxylic acids is 1. The molecule has 1 aromatic carbocycles. The third kappa shape index (κ3) is 3.66. The number of rotatable bonds is 4. The molecule has 0 aliphatic rings. The van der Waals surface area contributed by atoms with Crippen LogP contribution in [0.15, 0.2) is 18.2 Å². The Balaban J connectivity index is 2.07. The minimum Gasteiger partial charge on any atom is -0.477 e. The van der Waals surface area contributed by atoms with Gasteiger partial charge in [-0.1, -0.05) is 17.2 Å². The number of amides is 1. The van der Waals surface area contributed by atoms with E-state index in [1.807, 2.05) is 32.0 Å². The van der Waals surface area contributed by atoms with E-state index in [-0.39, 0.29) is 17.3 Å². The highest BCUT2D eigenvalue weighted by molar-refractivity contribution is 7.13. The first-order chi connectivity index (χ1) is 9.86. The second-order valence-electron chi connectivity index (χ2n) is 4.89. The van der Waals surface area contributed by atoms with Crippen molar-refractivity contribution in [3.05, 3.63) is 50.5 Å². The molecule has 5 nitrogen and oxygen atoms in total. The number of carbonyl (C=O) groups excluding carboxylic acids is 1. The maximum atomic E-state index is 12.1. The Kier molecular flexibility index (Phi) is 4.37. The van der Waals surface area contributed by atoms with Crippen molar-refractivity contribution in [3.8, 4) is 0 Å². The second kappa shape index (κ2) is 6.05. The average molecular weight is 304 g/mol. The molecular weight excluding hydrogens is 288 g/mol. The molecule has 1 aromatic heterocycles. The molecule has 1 heterocycles. The Labute approximate surface area is 126 Å². The number of aromatic carboxylic acids is 1. The van der Waals surface area contributed by atoms with Gasteiger partial charge < -0.3 is 10.4 Å². The molecule has 0 bridgehead atoms. The minimum atomic E-state index is -0.989. The van der Waals surface area contributed by atoms with E-state index in [2.05, 4.69) is 10.3 Å². The van der Waals surface area contributed by atoms with Crippen LogP contribution in [0.4, 0.5) is 0 Å². The lowest BCUT2D eigenvalue weighted by molar-refractivity contribution is 0.0701. The van der Waals surface area contributed by atoms with E-state index in [9.17, 15) is 9.59 Å². The van der Waals surface area contributed by atoms with Crippen molar-refractivity contribution in [3.63, 3.8) is 0 Å². The highest BCUT2D eigenvalue weighted by atomic mass is 32.1. The van der Waals surface area contributed by atoms with Crippen molar-refractivity contribution in [1.82, 2.24) is 10.3 Å². The zero-order valence-electron chi connectivity index (χ0n) is 12.1. The lowest BCUT2D eigenvalue weighted by Gasteiger charge is -2.05. The molecule has 0 aliphatic carbocycles.